The van der Waals surface area contributed by atoms with E-state index in [0.717, 1.165) is 9.47 Å². The van der Waals surface area contributed by atoms with E-state index in [4.69, 9.17) is 10.5 Å². The average Bonchev–Trinajstić information content (AvgIpc) is 2.76. The first-order valence-corrected chi connectivity index (χ1v) is 6.59. The van der Waals surface area contributed by atoms with Crippen LogP contribution in [0.15, 0.2) is 15.4 Å². The van der Waals surface area contributed by atoms with Gasteiger partial charge in [-0.2, -0.15) is 4.98 Å². The zero-order chi connectivity index (χ0) is 13.1. The van der Waals surface area contributed by atoms with Crippen molar-refractivity contribution in [1.82, 2.24) is 20.2 Å². The second-order valence-corrected chi connectivity index (χ2v) is 5.68. The molecule has 0 aliphatic heterocycles. The number of methoxy groups -OCH3 is 1. The maximum absolute atomic E-state index is 5.59. The number of anilines is 2. The molecule has 2 aromatic heterocycles. The van der Waals surface area contributed by atoms with Gasteiger partial charge in [0.2, 0.25) is 17.0 Å². The first kappa shape index (κ1) is 12.8. The SMILES string of the molecule is COc1cc(Sc2nnc(N(C)C)s2)nc(N)n1. The van der Waals surface area contributed by atoms with Gasteiger partial charge in [-0.05, 0) is 11.8 Å². The topological polar surface area (TPSA) is 90.1 Å². The van der Waals surface area contributed by atoms with Crippen LogP contribution in [0.5, 0.6) is 5.88 Å². The first-order valence-electron chi connectivity index (χ1n) is 4.95. The van der Waals surface area contributed by atoms with E-state index >= 15 is 0 Å². The molecule has 0 radical (unpaired) electrons. The maximum atomic E-state index is 5.59. The second kappa shape index (κ2) is 5.36. The standard InChI is InChI=1S/C9H12N6OS2/c1-15(2)8-13-14-9(18-8)17-6-4-5(16-3)11-7(10)12-6/h4H,1-3H3,(H2,10,11,12). The predicted molar refractivity (Wildman–Crippen MR) is 71.4 cm³/mol. The molecule has 0 aliphatic rings. The summed E-state index contributed by atoms with van der Waals surface area (Å²) in [5, 5.41) is 9.63. The lowest BCUT2D eigenvalue weighted by molar-refractivity contribution is 0.396. The molecular weight excluding hydrogens is 272 g/mol. The Morgan fingerprint density at radius 1 is 1.33 bits per heavy atom. The fraction of sp³-hybridized carbons (Fsp3) is 0.333. The Kier molecular flexibility index (Phi) is 3.82. The molecule has 0 aromatic carbocycles. The van der Waals surface area contributed by atoms with Crippen LogP contribution in [0.4, 0.5) is 11.1 Å². The van der Waals surface area contributed by atoms with Crippen LogP contribution in [0.1, 0.15) is 0 Å². The highest BCUT2D eigenvalue weighted by Crippen LogP contribution is 2.32. The molecule has 0 fully saturated rings. The molecule has 0 aliphatic carbocycles. The number of rotatable bonds is 4. The van der Waals surface area contributed by atoms with E-state index in [9.17, 15) is 0 Å². The highest BCUT2D eigenvalue weighted by Gasteiger charge is 2.10. The van der Waals surface area contributed by atoms with Crippen LogP contribution in [0.25, 0.3) is 0 Å². The predicted octanol–water partition coefficient (Wildman–Crippen LogP) is 1.14. The fourth-order valence-corrected chi connectivity index (χ4v) is 2.80. The Balaban J connectivity index is 2.19. The van der Waals surface area contributed by atoms with E-state index in [1.54, 1.807) is 6.07 Å². The summed E-state index contributed by atoms with van der Waals surface area (Å²) in [6, 6.07) is 1.71. The van der Waals surface area contributed by atoms with Crippen molar-refractivity contribution in [2.24, 2.45) is 0 Å². The molecule has 2 N–H and O–H groups in total. The minimum atomic E-state index is 0.175. The van der Waals surface area contributed by atoms with Gasteiger partial charge in [-0.15, -0.1) is 10.2 Å². The van der Waals surface area contributed by atoms with Crippen molar-refractivity contribution in [1.29, 1.82) is 0 Å². The number of nitrogen functional groups attached to an aromatic ring is 1. The molecule has 2 heterocycles. The smallest absolute Gasteiger partial charge is 0.224 e. The summed E-state index contributed by atoms with van der Waals surface area (Å²) in [5.74, 6) is 0.608. The number of aromatic nitrogens is 4. The van der Waals surface area contributed by atoms with Crippen molar-refractivity contribution >= 4 is 34.2 Å². The van der Waals surface area contributed by atoms with Crippen LogP contribution in [0.2, 0.25) is 0 Å². The van der Waals surface area contributed by atoms with Crippen LogP contribution in [-0.4, -0.2) is 41.4 Å². The number of ether oxygens (including phenoxy) is 1. The lowest BCUT2D eigenvalue weighted by Gasteiger charge is -2.04. The summed E-state index contributed by atoms with van der Waals surface area (Å²) in [6.45, 7) is 0. The monoisotopic (exact) mass is 284 g/mol. The van der Waals surface area contributed by atoms with Crippen LogP contribution in [-0.2, 0) is 0 Å². The molecule has 2 rings (SSSR count). The summed E-state index contributed by atoms with van der Waals surface area (Å²) >= 11 is 2.86. The molecule has 0 saturated carbocycles. The normalized spacial score (nSPS) is 10.4. The Hall–Kier alpha value is -1.61. The molecule has 2 aromatic rings. The van der Waals surface area contributed by atoms with Gasteiger partial charge in [0.15, 0.2) is 4.34 Å². The van der Waals surface area contributed by atoms with Crippen LogP contribution in [0, 0.1) is 0 Å². The third-order valence-electron chi connectivity index (χ3n) is 1.88. The highest BCUT2D eigenvalue weighted by atomic mass is 32.2. The van der Waals surface area contributed by atoms with Crippen molar-refractivity contribution in [2.45, 2.75) is 9.37 Å². The minimum Gasteiger partial charge on any atom is -0.481 e. The Labute approximate surface area is 112 Å². The third kappa shape index (κ3) is 2.99. The molecule has 18 heavy (non-hydrogen) atoms. The molecule has 0 spiro atoms. The van der Waals surface area contributed by atoms with E-state index in [-0.39, 0.29) is 5.95 Å². The average molecular weight is 284 g/mol. The molecule has 0 unspecified atom stereocenters. The molecule has 0 bridgehead atoms. The Morgan fingerprint density at radius 3 is 2.72 bits per heavy atom. The van der Waals surface area contributed by atoms with E-state index < -0.39 is 0 Å². The number of hydrogen-bond acceptors (Lipinski definition) is 9. The van der Waals surface area contributed by atoms with E-state index in [2.05, 4.69) is 20.2 Å². The van der Waals surface area contributed by atoms with Gasteiger partial charge in [0.1, 0.15) is 5.03 Å². The van der Waals surface area contributed by atoms with Crippen LogP contribution < -0.4 is 15.4 Å². The largest absolute Gasteiger partial charge is 0.481 e. The van der Waals surface area contributed by atoms with Crippen molar-refractivity contribution in [3.8, 4) is 5.88 Å². The van der Waals surface area contributed by atoms with Gasteiger partial charge in [-0.1, -0.05) is 11.3 Å². The van der Waals surface area contributed by atoms with Gasteiger partial charge < -0.3 is 15.4 Å². The first-order chi connectivity index (χ1) is 8.58. The summed E-state index contributed by atoms with van der Waals surface area (Å²) in [6.07, 6.45) is 0. The van der Waals surface area contributed by atoms with Crippen LogP contribution in [0.3, 0.4) is 0 Å². The lowest BCUT2D eigenvalue weighted by Crippen LogP contribution is -2.07. The molecule has 96 valence electrons. The quantitative estimate of drug-likeness (QED) is 0.836. The van der Waals surface area contributed by atoms with E-state index in [1.807, 2.05) is 19.0 Å². The van der Waals surface area contributed by atoms with Gasteiger partial charge in [-0.25, -0.2) is 4.98 Å². The van der Waals surface area contributed by atoms with Crippen molar-refractivity contribution < 1.29 is 4.74 Å². The molecule has 0 atom stereocenters. The molecule has 7 nitrogen and oxygen atoms in total. The molecule has 9 heteroatoms. The van der Waals surface area contributed by atoms with E-state index in [1.165, 1.54) is 30.2 Å². The molecule has 0 saturated heterocycles. The van der Waals surface area contributed by atoms with Gasteiger partial charge >= 0.3 is 0 Å². The van der Waals surface area contributed by atoms with Gasteiger partial charge in [0.05, 0.1) is 7.11 Å². The summed E-state index contributed by atoms with van der Waals surface area (Å²) in [4.78, 5) is 9.92. The maximum Gasteiger partial charge on any atom is 0.224 e. The number of hydrogen-bond donors (Lipinski definition) is 1. The zero-order valence-electron chi connectivity index (χ0n) is 10.1. The Morgan fingerprint density at radius 2 is 2.11 bits per heavy atom. The van der Waals surface area contributed by atoms with Crippen molar-refractivity contribution in [3.63, 3.8) is 0 Å². The minimum absolute atomic E-state index is 0.175. The summed E-state index contributed by atoms with van der Waals surface area (Å²) in [5.41, 5.74) is 5.59. The number of nitrogens with zero attached hydrogens (tertiary/aromatic N) is 5. The van der Waals surface area contributed by atoms with Crippen molar-refractivity contribution in [3.05, 3.63) is 6.07 Å². The molecule has 0 amide bonds. The number of nitrogens with two attached hydrogens (primary N) is 1. The van der Waals surface area contributed by atoms with E-state index in [0.29, 0.717) is 10.9 Å². The third-order valence-corrected chi connectivity index (χ3v) is 3.94. The molecular formula is C9H12N6OS2. The lowest BCUT2D eigenvalue weighted by atomic mass is 10.6. The summed E-state index contributed by atoms with van der Waals surface area (Å²) in [7, 11) is 5.37. The second-order valence-electron chi connectivity index (χ2n) is 3.45. The van der Waals surface area contributed by atoms with Gasteiger partial charge in [0.25, 0.3) is 0 Å². The van der Waals surface area contributed by atoms with Crippen molar-refractivity contribution in [2.75, 3.05) is 31.8 Å². The van der Waals surface area contributed by atoms with Gasteiger partial charge in [0, 0.05) is 20.2 Å². The van der Waals surface area contributed by atoms with Crippen LogP contribution >= 0.6 is 23.1 Å². The zero-order valence-corrected chi connectivity index (χ0v) is 11.7. The fourth-order valence-electron chi connectivity index (χ4n) is 1.09. The van der Waals surface area contributed by atoms with Gasteiger partial charge in [-0.3, -0.25) is 0 Å². The Bertz CT molecular complexity index is 544. The highest BCUT2D eigenvalue weighted by molar-refractivity contribution is 8.01. The summed E-state index contributed by atoms with van der Waals surface area (Å²) < 4.78 is 5.82.